The number of anilines is 1. The number of hydrogen-bond acceptors (Lipinski definition) is 11. The molecule has 12 nitrogen and oxygen atoms in total. The lowest BCUT2D eigenvalue weighted by molar-refractivity contribution is -0.154. The number of aromatic nitrogens is 1. The van der Waals surface area contributed by atoms with Crippen molar-refractivity contribution in [1.29, 1.82) is 0 Å². The molecule has 2 aromatic carbocycles. The van der Waals surface area contributed by atoms with Crippen LogP contribution in [0.1, 0.15) is 59.5 Å². The second kappa shape index (κ2) is 14.2. The molecule has 0 radical (unpaired) electrons. The van der Waals surface area contributed by atoms with Crippen LogP contribution < -0.4 is 16.4 Å². The molecule has 1 saturated heterocycles. The van der Waals surface area contributed by atoms with Gasteiger partial charge in [0.2, 0.25) is 16.8 Å². The van der Waals surface area contributed by atoms with E-state index in [1.54, 1.807) is 26.8 Å². The van der Waals surface area contributed by atoms with Crippen LogP contribution in [0.4, 0.5) is 5.00 Å². The third kappa shape index (κ3) is 7.61. The Kier molecular flexibility index (Phi) is 10.2. The van der Waals surface area contributed by atoms with Crippen molar-refractivity contribution in [2.45, 2.75) is 49.9 Å². The number of nitrogen functional groups attached to an aromatic ring is 1. The molecule has 3 aromatic rings. The third-order valence-corrected chi connectivity index (χ3v) is 9.31. The number of fused-ring (bicyclic) bond motifs is 1. The minimum absolute atomic E-state index is 0.00571. The average molecular weight is 698 g/mol. The van der Waals surface area contributed by atoms with Crippen molar-refractivity contribution in [2.24, 2.45) is 0 Å². The molecule has 0 spiro atoms. The molecule has 1 aromatic heterocycles. The number of hydrogen-bond donors (Lipinski definition) is 3. The van der Waals surface area contributed by atoms with Gasteiger partial charge in [-0.15, -0.1) is 23.4 Å². The summed E-state index contributed by atoms with van der Waals surface area (Å²) >= 11 is 7.83. The number of amides is 3. The first-order chi connectivity index (χ1) is 22.4. The normalized spacial score (nSPS) is 17.9. The highest BCUT2D eigenvalue weighted by Gasteiger charge is 2.53. The van der Waals surface area contributed by atoms with Crippen LogP contribution in [0.2, 0.25) is 0 Å². The molecule has 3 amide bonds. The average Bonchev–Trinajstić information content (AvgIpc) is 3.45. The fourth-order valence-electron chi connectivity index (χ4n) is 4.93. The van der Waals surface area contributed by atoms with Gasteiger partial charge in [-0.05, 0) is 38.0 Å². The summed E-state index contributed by atoms with van der Waals surface area (Å²) < 4.78 is 11.3. The fourth-order valence-corrected chi connectivity index (χ4v) is 6.95. The SMILES string of the molecule is CC(C)(C)OC(=O)c1nc([C@@H](NC(=O)CCl)C(=O)N[C@@H]2C(=O)N3C(C(=O)OC(c4ccccc4)c4ccccc4)=CCS[C@H]23)c(N)s1. The Bertz CT molecular complexity index is 1670. The summed E-state index contributed by atoms with van der Waals surface area (Å²) in [5, 5.41) is 4.37. The van der Waals surface area contributed by atoms with Crippen LogP contribution in [0.5, 0.6) is 0 Å². The number of carbonyl (C=O) groups excluding carboxylic acids is 5. The number of β-lactam (4-membered cyclic amide) rings is 1. The zero-order valence-electron chi connectivity index (χ0n) is 25.6. The van der Waals surface area contributed by atoms with Gasteiger partial charge in [0.1, 0.15) is 39.3 Å². The van der Waals surface area contributed by atoms with Crippen molar-refractivity contribution >= 4 is 69.4 Å². The predicted molar refractivity (Wildman–Crippen MR) is 177 cm³/mol. The Labute approximate surface area is 284 Å². The first-order valence-electron chi connectivity index (χ1n) is 14.5. The lowest BCUT2D eigenvalue weighted by atomic mass is 10.0. The summed E-state index contributed by atoms with van der Waals surface area (Å²) in [6, 6.07) is 16.0. The highest BCUT2D eigenvalue weighted by atomic mass is 35.5. The summed E-state index contributed by atoms with van der Waals surface area (Å²) in [6.45, 7) is 5.06. The molecule has 3 heterocycles. The van der Waals surface area contributed by atoms with E-state index in [1.807, 2.05) is 60.7 Å². The number of rotatable bonds is 10. The molecule has 0 aliphatic carbocycles. The fraction of sp³-hybridized carbons (Fsp3) is 0.312. The molecule has 1 fully saturated rings. The number of esters is 2. The van der Waals surface area contributed by atoms with Crippen molar-refractivity contribution in [3.8, 4) is 0 Å². The van der Waals surface area contributed by atoms with Crippen LogP contribution in [-0.2, 0) is 28.7 Å². The second-order valence-corrected chi connectivity index (χ2v) is 14.0. The van der Waals surface area contributed by atoms with Crippen molar-refractivity contribution in [1.82, 2.24) is 20.5 Å². The molecule has 0 saturated carbocycles. The van der Waals surface area contributed by atoms with Crippen molar-refractivity contribution in [3.63, 3.8) is 0 Å². The van der Waals surface area contributed by atoms with Crippen LogP contribution in [0, 0.1) is 0 Å². The minimum atomic E-state index is -1.47. The summed E-state index contributed by atoms with van der Waals surface area (Å²) in [6.07, 6.45) is 0.899. The van der Waals surface area contributed by atoms with Crippen molar-refractivity contribution in [2.75, 3.05) is 17.4 Å². The zero-order valence-corrected chi connectivity index (χ0v) is 28.0. The summed E-state index contributed by atoms with van der Waals surface area (Å²) in [7, 11) is 0. The van der Waals surface area contributed by atoms with Gasteiger partial charge in [0.15, 0.2) is 12.1 Å². The Balaban J connectivity index is 1.32. The number of halogens is 1. The summed E-state index contributed by atoms with van der Waals surface area (Å²) in [5.41, 5.74) is 6.82. The Morgan fingerprint density at radius 1 is 1.04 bits per heavy atom. The van der Waals surface area contributed by atoms with Crippen LogP contribution in [-0.4, -0.2) is 68.2 Å². The molecule has 246 valence electrons. The van der Waals surface area contributed by atoms with Crippen LogP contribution in [0.25, 0.3) is 0 Å². The number of carbonyl (C=O) groups is 5. The van der Waals surface area contributed by atoms with E-state index >= 15 is 0 Å². The van der Waals surface area contributed by atoms with Crippen molar-refractivity contribution in [3.05, 3.63) is 94.3 Å². The Morgan fingerprint density at radius 2 is 1.66 bits per heavy atom. The summed E-state index contributed by atoms with van der Waals surface area (Å²) in [4.78, 5) is 71.0. The van der Waals surface area contributed by atoms with Gasteiger partial charge in [-0.2, -0.15) is 0 Å². The van der Waals surface area contributed by atoms with E-state index in [9.17, 15) is 24.0 Å². The largest absolute Gasteiger partial charge is 0.455 e. The smallest absolute Gasteiger partial charge is 0.368 e. The quantitative estimate of drug-likeness (QED) is 0.161. The molecule has 2 aliphatic rings. The van der Waals surface area contributed by atoms with Crippen LogP contribution >= 0.6 is 34.7 Å². The van der Waals surface area contributed by atoms with Gasteiger partial charge < -0.3 is 25.8 Å². The van der Waals surface area contributed by atoms with E-state index < -0.39 is 64.7 Å². The maximum atomic E-state index is 13.6. The van der Waals surface area contributed by atoms with E-state index in [1.165, 1.54) is 16.7 Å². The highest BCUT2D eigenvalue weighted by Crippen LogP contribution is 2.39. The van der Waals surface area contributed by atoms with E-state index in [2.05, 4.69) is 15.6 Å². The number of nitrogens with zero attached hydrogens (tertiary/aromatic N) is 2. The molecule has 5 rings (SSSR count). The van der Waals surface area contributed by atoms with Crippen molar-refractivity contribution < 1.29 is 33.4 Å². The monoisotopic (exact) mass is 697 g/mol. The topological polar surface area (TPSA) is 170 Å². The number of nitrogens with one attached hydrogen (secondary N) is 2. The Hall–Kier alpha value is -4.40. The van der Waals surface area contributed by atoms with E-state index in [4.69, 9.17) is 26.8 Å². The molecule has 0 bridgehead atoms. The van der Waals surface area contributed by atoms with E-state index in [-0.39, 0.29) is 21.4 Å². The van der Waals surface area contributed by atoms with E-state index in [0.717, 1.165) is 22.5 Å². The Morgan fingerprint density at radius 3 is 2.23 bits per heavy atom. The first-order valence-corrected chi connectivity index (χ1v) is 16.9. The third-order valence-electron chi connectivity index (χ3n) is 7.00. The molecule has 0 unspecified atom stereocenters. The second-order valence-electron chi connectivity index (χ2n) is 11.5. The molecular formula is C32H32ClN5O7S2. The van der Waals surface area contributed by atoms with Gasteiger partial charge >= 0.3 is 11.9 Å². The van der Waals surface area contributed by atoms with Gasteiger partial charge in [-0.25, -0.2) is 14.6 Å². The number of nitrogens with two attached hydrogens (primary N) is 1. The summed E-state index contributed by atoms with van der Waals surface area (Å²) in [5.74, 6) is -3.59. The number of alkyl halides is 1. The molecular weight excluding hydrogens is 666 g/mol. The van der Waals surface area contributed by atoms with Crippen LogP contribution in [0.3, 0.4) is 0 Å². The molecule has 15 heteroatoms. The molecule has 3 atom stereocenters. The maximum Gasteiger partial charge on any atom is 0.368 e. The van der Waals surface area contributed by atoms with Gasteiger partial charge in [0.25, 0.3) is 5.91 Å². The molecule has 47 heavy (non-hydrogen) atoms. The van der Waals surface area contributed by atoms with E-state index in [0.29, 0.717) is 5.75 Å². The maximum absolute atomic E-state index is 13.6. The van der Waals surface area contributed by atoms with Gasteiger partial charge in [0, 0.05) is 5.75 Å². The number of ether oxygens (including phenoxy) is 2. The molecule has 4 N–H and O–H groups in total. The number of thiazole rings is 1. The minimum Gasteiger partial charge on any atom is -0.455 e. The zero-order chi connectivity index (χ0) is 33.9. The van der Waals surface area contributed by atoms with Crippen LogP contribution in [0.15, 0.2) is 72.4 Å². The van der Waals surface area contributed by atoms with Gasteiger partial charge in [0.05, 0.1) is 0 Å². The van der Waals surface area contributed by atoms with Gasteiger partial charge in [-0.3, -0.25) is 19.3 Å². The molecule has 2 aliphatic heterocycles. The lowest BCUT2D eigenvalue weighted by Gasteiger charge is -2.48. The first kappa shape index (κ1) is 33.9. The highest BCUT2D eigenvalue weighted by molar-refractivity contribution is 8.00. The number of thioether (sulfide) groups is 1. The van der Waals surface area contributed by atoms with Gasteiger partial charge in [-0.1, -0.05) is 72.0 Å². The standard InChI is InChI=1S/C32H32ClN5O7S2/c1-32(2,3)45-31(43)27-37-21(25(34)47-27)22(35-20(39)16-33)26(40)36-23-28(41)38-19(14-15-46-29(23)38)30(42)44-24(17-10-6-4-7-11-17)18-12-8-5-9-13-18/h4-14,22-24,29H,15-16,34H2,1-3H3,(H,35,39)(H,36,40)/t22-,23-,29-/m1/s1. The lowest BCUT2D eigenvalue weighted by Crippen LogP contribution is -2.70. The predicted octanol–water partition coefficient (Wildman–Crippen LogP) is 3.69. The number of benzene rings is 2.